The summed E-state index contributed by atoms with van der Waals surface area (Å²) < 4.78 is 0. The Kier molecular flexibility index (Phi) is 42.0. The third-order valence-electron chi connectivity index (χ3n) is 10.8. The molecule has 1 amide bonds. The maximum Gasteiger partial charge on any atom is 0.249 e. The molecule has 0 aliphatic carbocycles. The largest absolute Gasteiger partial charge is 0.394 e. The third-order valence-corrected chi connectivity index (χ3v) is 10.8. The van der Waals surface area contributed by atoms with Gasteiger partial charge < -0.3 is 25.7 Å². The Morgan fingerprint density at radius 1 is 0.473 bits per heavy atom. The maximum absolute atomic E-state index is 12.4. The molecule has 4 atom stereocenters. The van der Waals surface area contributed by atoms with E-state index in [9.17, 15) is 25.2 Å². The van der Waals surface area contributed by atoms with Gasteiger partial charge in [-0.05, 0) is 64.2 Å². The lowest BCUT2D eigenvalue weighted by atomic mass is 10.0. The maximum atomic E-state index is 12.4. The lowest BCUT2D eigenvalue weighted by molar-refractivity contribution is -0.132. The van der Waals surface area contributed by atoms with E-state index in [1.807, 2.05) is 6.08 Å². The van der Waals surface area contributed by atoms with Crippen molar-refractivity contribution in [2.45, 2.75) is 250 Å². The SMILES string of the molecule is CCCCCCCC/C=C\C/C=C\CC(O)C(=O)NC(CO)C(O)C(O)CCC/C=C/CC/C=C/CCCCCCCCCCCCCCCCCCCC. The fraction of sp³-hybridized carbons (Fsp3) is 0.816. The molecule has 0 saturated heterocycles. The lowest BCUT2D eigenvalue weighted by Crippen LogP contribution is -2.52. The molecule has 0 aromatic carbocycles. The van der Waals surface area contributed by atoms with Crippen LogP contribution < -0.4 is 5.32 Å². The quantitative estimate of drug-likeness (QED) is 0.0313. The monoisotopic (exact) mass is 774 g/mol. The van der Waals surface area contributed by atoms with Gasteiger partial charge in [-0.25, -0.2) is 0 Å². The number of unbranched alkanes of at least 4 members (excludes halogenated alkanes) is 26. The van der Waals surface area contributed by atoms with Crippen LogP contribution in [0, 0.1) is 0 Å². The van der Waals surface area contributed by atoms with E-state index in [2.05, 4.69) is 55.6 Å². The van der Waals surface area contributed by atoms with E-state index in [1.165, 1.54) is 161 Å². The zero-order valence-electron chi connectivity index (χ0n) is 36.2. The molecule has 0 heterocycles. The highest BCUT2D eigenvalue weighted by molar-refractivity contribution is 5.81. The van der Waals surface area contributed by atoms with Crippen LogP contribution in [0.5, 0.6) is 0 Å². The Labute approximate surface area is 340 Å². The highest BCUT2D eigenvalue weighted by Gasteiger charge is 2.28. The molecule has 0 aromatic rings. The van der Waals surface area contributed by atoms with Gasteiger partial charge in [0.2, 0.25) is 5.91 Å². The van der Waals surface area contributed by atoms with Crippen molar-refractivity contribution in [1.82, 2.24) is 5.32 Å². The van der Waals surface area contributed by atoms with Crippen LogP contribution in [0.25, 0.3) is 0 Å². The van der Waals surface area contributed by atoms with Crippen LogP contribution >= 0.6 is 0 Å². The van der Waals surface area contributed by atoms with Crippen LogP contribution in [0.15, 0.2) is 48.6 Å². The number of allylic oxidation sites excluding steroid dienone is 7. The second kappa shape index (κ2) is 43.4. The van der Waals surface area contributed by atoms with E-state index < -0.39 is 36.9 Å². The van der Waals surface area contributed by atoms with Crippen molar-refractivity contribution in [2.75, 3.05) is 6.61 Å². The fourth-order valence-electron chi connectivity index (χ4n) is 6.99. The number of aliphatic hydroxyl groups is 4. The predicted molar refractivity (Wildman–Crippen MR) is 237 cm³/mol. The Hall–Kier alpha value is -1.73. The topological polar surface area (TPSA) is 110 Å². The van der Waals surface area contributed by atoms with Crippen LogP contribution in [0.2, 0.25) is 0 Å². The number of carbonyl (C=O) groups excluding carboxylic acids is 1. The van der Waals surface area contributed by atoms with Crippen molar-refractivity contribution in [3.05, 3.63) is 48.6 Å². The molecule has 0 rings (SSSR count). The minimum Gasteiger partial charge on any atom is -0.394 e. The first-order valence-corrected chi connectivity index (χ1v) is 23.5. The van der Waals surface area contributed by atoms with Gasteiger partial charge in [-0.15, -0.1) is 0 Å². The smallest absolute Gasteiger partial charge is 0.249 e. The van der Waals surface area contributed by atoms with Gasteiger partial charge in [0.1, 0.15) is 12.2 Å². The van der Waals surface area contributed by atoms with E-state index in [0.29, 0.717) is 12.8 Å². The van der Waals surface area contributed by atoms with Crippen molar-refractivity contribution in [1.29, 1.82) is 0 Å². The van der Waals surface area contributed by atoms with Crippen molar-refractivity contribution in [2.24, 2.45) is 0 Å². The standard InChI is InChI=1S/C49H91NO5/c1-3-5-7-9-11-13-15-17-18-19-20-21-22-23-24-25-26-27-28-29-30-31-33-34-36-38-40-42-46(52)48(54)45(44-51)50-49(55)47(53)43-41-39-37-35-32-16-14-12-10-8-6-4-2/h29-30,32,34-36,39,41,45-48,51-54H,3-28,31,33,37-38,40,42-44H2,1-2H3,(H,50,55)/b30-29+,35-32-,36-34+,41-39-. The summed E-state index contributed by atoms with van der Waals surface area (Å²) >= 11 is 0. The van der Waals surface area contributed by atoms with Crippen molar-refractivity contribution in [3.63, 3.8) is 0 Å². The first-order chi connectivity index (χ1) is 27.0. The minimum absolute atomic E-state index is 0.148. The number of amides is 1. The summed E-state index contributed by atoms with van der Waals surface area (Å²) in [4.78, 5) is 12.4. The van der Waals surface area contributed by atoms with E-state index in [1.54, 1.807) is 6.08 Å². The van der Waals surface area contributed by atoms with Gasteiger partial charge in [0.15, 0.2) is 0 Å². The Balaban J connectivity index is 3.77. The molecule has 0 aliphatic heterocycles. The summed E-state index contributed by atoms with van der Waals surface area (Å²) in [6.07, 6.45) is 53.3. The second-order valence-electron chi connectivity index (χ2n) is 16.1. The zero-order chi connectivity index (χ0) is 40.3. The first kappa shape index (κ1) is 53.3. The molecule has 0 aromatic heterocycles. The molecule has 322 valence electrons. The molecular formula is C49H91NO5. The number of hydrogen-bond donors (Lipinski definition) is 5. The molecule has 4 unspecified atom stereocenters. The predicted octanol–water partition coefficient (Wildman–Crippen LogP) is 12.7. The van der Waals surface area contributed by atoms with Gasteiger partial charge in [-0.3, -0.25) is 4.79 Å². The van der Waals surface area contributed by atoms with Gasteiger partial charge in [0.25, 0.3) is 0 Å². The van der Waals surface area contributed by atoms with E-state index in [0.717, 1.165) is 32.1 Å². The summed E-state index contributed by atoms with van der Waals surface area (Å²) in [5, 5.41) is 43.5. The van der Waals surface area contributed by atoms with Crippen molar-refractivity contribution in [3.8, 4) is 0 Å². The summed E-state index contributed by atoms with van der Waals surface area (Å²) in [5.74, 6) is -0.666. The molecule has 5 N–H and O–H groups in total. The van der Waals surface area contributed by atoms with Crippen LogP contribution in [-0.2, 0) is 4.79 Å². The number of carbonyl (C=O) groups is 1. The third kappa shape index (κ3) is 37.6. The van der Waals surface area contributed by atoms with E-state index >= 15 is 0 Å². The average Bonchev–Trinajstić information content (AvgIpc) is 3.19. The minimum atomic E-state index is -1.31. The zero-order valence-corrected chi connectivity index (χ0v) is 36.2. The van der Waals surface area contributed by atoms with Crippen LogP contribution in [0.3, 0.4) is 0 Å². The second-order valence-corrected chi connectivity index (χ2v) is 16.1. The Bertz CT molecular complexity index is 915. The average molecular weight is 774 g/mol. The van der Waals surface area contributed by atoms with Gasteiger partial charge >= 0.3 is 0 Å². The van der Waals surface area contributed by atoms with E-state index in [4.69, 9.17) is 0 Å². The van der Waals surface area contributed by atoms with Crippen LogP contribution in [-0.4, -0.2) is 57.3 Å². The molecular weight excluding hydrogens is 683 g/mol. The highest BCUT2D eigenvalue weighted by Crippen LogP contribution is 2.15. The Morgan fingerprint density at radius 2 is 0.836 bits per heavy atom. The van der Waals surface area contributed by atoms with Gasteiger partial charge in [-0.2, -0.15) is 0 Å². The summed E-state index contributed by atoms with van der Waals surface area (Å²) in [6.45, 7) is 3.99. The van der Waals surface area contributed by atoms with Gasteiger partial charge in [-0.1, -0.05) is 204 Å². The Morgan fingerprint density at radius 3 is 1.27 bits per heavy atom. The molecule has 0 saturated carbocycles. The molecule has 0 fully saturated rings. The highest BCUT2D eigenvalue weighted by atomic mass is 16.3. The molecule has 0 bridgehead atoms. The summed E-state index contributed by atoms with van der Waals surface area (Å²) in [5.41, 5.74) is 0. The number of aliphatic hydroxyl groups excluding tert-OH is 4. The molecule has 0 radical (unpaired) electrons. The van der Waals surface area contributed by atoms with Gasteiger partial charge in [0, 0.05) is 6.42 Å². The van der Waals surface area contributed by atoms with Crippen LogP contribution in [0.1, 0.15) is 226 Å². The molecule has 55 heavy (non-hydrogen) atoms. The van der Waals surface area contributed by atoms with E-state index in [-0.39, 0.29) is 6.42 Å². The summed E-state index contributed by atoms with van der Waals surface area (Å²) in [7, 11) is 0. The lowest BCUT2D eigenvalue weighted by Gasteiger charge is -2.27. The molecule has 6 heteroatoms. The number of nitrogens with one attached hydrogen (secondary N) is 1. The molecule has 0 spiro atoms. The number of rotatable bonds is 42. The molecule has 6 nitrogen and oxygen atoms in total. The van der Waals surface area contributed by atoms with Gasteiger partial charge in [0.05, 0.1) is 18.8 Å². The fourth-order valence-corrected chi connectivity index (χ4v) is 6.99. The summed E-state index contributed by atoms with van der Waals surface area (Å²) in [6, 6.07) is -1.04. The van der Waals surface area contributed by atoms with Crippen molar-refractivity contribution < 1.29 is 25.2 Å². The number of hydrogen-bond acceptors (Lipinski definition) is 5. The normalized spacial score (nSPS) is 14.5. The van der Waals surface area contributed by atoms with Crippen molar-refractivity contribution >= 4 is 5.91 Å². The van der Waals surface area contributed by atoms with Crippen LogP contribution in [0.4, 0.5) is 0 Å². The molecule has 0 aliphatic rings. The first-order valence-electron chi connectivity index (χ1n) is 23.5.